The highest BCUT2D eigenvalue weighted by Crippen LogP contribution is 2.25. The number of rotatable bonds is 2. The van der Waals surface area contributed by atoms with E-state index in [0.717, 1.165) is 18.5 Å². The van der Waals surface area contributed by atoms with Gasteiger partial charge in [0.1, 0.15) is 0 Å². The molecular weight excluding hydrogens is 238 g/mol. The van der Waals surface area contributed by atoms with Crippen LogP contribution in [0.15, 0.2) is 36.5 Å². The number of hydrogen-bond acceptors (Lipinski definition) is 3. The Bertz CT molecular complexity index is 637. The van der Waals surface area contributed by atoms with E-state index in [4.69, 9.17) is 5.73 Å². The molecule has 1 aromatic carbocycles. The van der Waals surface area contributed by atoms with E-state index in [9.17, 15) is 4.79 Å². The lowest BCUT2D eigenvalue weighted by Gasteiger charge is -2.08. The zero-order valence-electron chi connectivity index (χ0n) is 10.5. The largest absolute Gasteiger partial charge is 0.397 e. The summed E-state index contributed by atoms with van der Waals surface area (Å²) in [7, 11) is 0. The van der Waals surface area contributed by atoms with E-state index in [1.165, 1.54) is 17.5 Å². The van der Waals surface area contributed by atoms with Crippen LogP contribution in [0.25, 0.3) is 0 Å². The summed E-state index contributed by atoms with van der Waals surface area (Å²) in [5.41, 5.74) is 9.91. The number of fused-ring (bicyclic) bond motifs is 1. The molecule has 0 atom stereocenters. The van der Waals surface area contributed by atoms with E-state index >= 15 is 0 Å². The molecule has 4 nitrogen and oxygen atoms in total. The van der Waals surface area contributed by atoms with Crippen molar-refractivity contribution in [2.45, 2.75) is 19.3 Å². The Hall–Kier alpha value is -2.36. The number of benzene rings is 1. The summed E-state index contributed by atoms with van der Waals surface area (Å²) in [4.78, 5) is 16.1. The summed E-state index contributed by atoms with van der Waals surface area (Å²) in [5, 5.41) is 2.85. The van der Waals surface area contributed by atoms with Gasteiger partial charge in [0, 0.05) is 11.9 Å². The van der Waals surface area contributed by atoms with Crippen molar-refractivity contribution in [3.05, 3.63) is 53.3 Å². The highest BCUT2D eigenvalue weighted by atomic mass is 16.1. The summed E-state index contributed by atoms with van der Waals surface area (Å²) < 4.78 is 0. The Balaban J connectivity index is 1.82. The third-order valence-electron chi connectivity index (χ3n) is 3.41. The molecule has 19 heavy (non-hydrogen) atoms. The van der Waals surface area contributed by atoms with Crippen LogP contribution in [0.4, 0.5) is 11.4 Å². The van der Waals surface area contributed by atoms with Gasteiger partial charge in [-0.2, -0.15) is 0 Å². The molecule has 1 amide bonds. The van der Waals surface area contributed by atoms with Gasteiger partial charge in [0.15, 0.2) is 5.69 Å². The van der Waals surface area contributed by atoms with Crippen LogP contribution in [0, 0.1) is 0 Å². The highest BCUT2D eigenvalue weighted by molar-refractivity contribution is 6.06. The third kappa shape index (κ3) is 2.29. The van der Waals surface area contributed by atoms with Crippen molar-refractivity contribution in [2.24, 2.45) is 0 Å². The first kappa shape index (κ1) is 11.7. The second-order valence-corrected chi connectivity index (χ2v) is 4.73. The van der Waals surface area contributed by atoms with Crippen LogP contribution < -0.4 is 11.1 Å². The van der Waals surface area contributed by atoms with Crippen molar-refractivity contribution >= 4 is 17.3 Å². The molecule has 3 rings (SSSR count). The molecule has 1 aliphatic carbocycles. The molecule has 0 saturated heterocycles. The fourth-order valence-electron chi connectivity index (χ4n) is 2.45. The Morgan fingerprint density at radius 3 is 2.89 bits per heavy atom. The first-order valence-electron chi connectivity index (χ1n) is 6.38. The van der Waals surface area contributed by atoms with E-state index in [1.54, 1.807) is 18.3 Å². The van der Waals surface area contributed by atoms with Crippen LogP contribution in [0.5, 0.6) is 0 Å². The number of anilines is 2. The number of nitrogens with two attached hydrogens (primary N) is 1. The molecule has 1 aromatic heterocycles. The number of carbonyl (C=O) groups excluding carboxylic acids is 1. The minimum atomic E-state index is -0.268. The number of pyridine rings is 1. The number of hydrogen-bond donors (Lipinski definition) is 2. The first-order chi connectivity index (χ1) is 9.24. The van der Waals surface area contributed by atoms with Crippen molar-refractivity contribution in [1.29, 1.82) is 0 Å². The highest BCUT2D eigenvalue weighted by Gasteiger charge is 2.14. The fourth-order valence-corrected chi connectivity index (χ4v) is 2.45. The molecule has 0 saturated carbocycles. The van der Waals surface area contributed by atoms with Crippen LogP contribution >= 0.6 is 0 Å². The molecular formula is C15H15N3O. The Kier molecular flexibility index (Phi) is 2.91. The molecule has 1 aliphatic rings. The lowest BCUT2D eigenvalue weighted by molar-refractivity contribution is 0.102. The summed E-state index contributed by atoms with van der Waals surface area (Å²) in [5.74, 6) is -0.268. The predicted molar refractivity (Wildman–Crippen MR) is 75.1 cm³/mol. The van der Waals surface area contributed by atoms with Crippen LogP contribution in [-0.4, -0.2) is 10.9 Å². The predicted octanol–water partition coefficient (Wildman–Crippen LogP) is 2.40. The van der Waals surface area contributed by atoms with E-state index < -0.39 is 0 Å². The van der Waals surface area contributed by atoms with Crippen molar-refractivity contribution in [2.75, 3.05) is 11.1 Å². The number of nitrogens with one attached hydrogen (secondary N) is 1. The third-order valence-corrected chi connectivity index (χ3v) is 3.41. The molecule has 4 heteroatoms. The molecule has 0 aliphatic heterocycles. The Labute approximate surface area is 111 Å². The number of aryl methyl sites for hydroxylation is 2. The van der Waals surface area contributed by atoms with Gasteiger partial charge in [0.25, 0.3) is 5.91 Å². The van der Waals surface area contributed by atoms with Crippen LogP contribution in [0.1, 0.15) is 28.0 Å². The zero-order chi connectivity index (χ0) is 13.2. The normalized spacial score (nSPS) is 13.1. The molecule has 2 aromatic rings. The summed E-state index contributed by atoms with van der Waals surface area (Å²) in [6.07, 6.45) is 4.98. The molecule has 0 radical (unpaired) electrons. The van der Waals surface area contributed by atoms with E-state index in [-0.39, 0.29) is 11.6 Å². The van der Waals surface area contributed by atoms with E-state index in [1.807, 2.05) is 12.1 Å². The van der Waals surface area contributed by atoms with Crippen LogP contribution in [0.3, 0.4) is 0 Å². The minimum absolute atomic E-state index is 0.267. The maximum atomic E-state index is 12.1. The average molecular weight is 253 g/mol. The van der Waals surface area contributed by atoms with Gasteiger partial charge in [-0.15, -0.1) is 0 Å². The topological polar surface area (TPSA) is 68.0 Å². The molecule has 0 spiro atoms. The van der Waals surface area contributed by atoms with Gasteiger partial charge in [-0.3, -0.25) is 4.79 Å². The number of nitrogens with zero attached hydrogens (tertiary/aromatic N) is 1. The number of amides is 1. The van der Waals surface area contributed by atoms with E-state index in [0.29, 0.717) is 5.69 Å². The first-order valence-corrected chi connectivity index (χ1v) is 6.38. The van der Waals surface area contributed by atoms with Gasteiger partial charge < -0.3 is 11.1 Å². The Morgan fingerprint density at radius 1 is 1.21 bits per heavy atom. The smallest absolute Gasteiger partial charge is 0.276 e. The van der Waals surface area contributed by atoms with Crippen molar-refractivity contribution < 1.29 is 4.79 Å². The van der Waals surface area contributed by atoms with Gasteiger partial charge in [-0.05, 0) is 54.7 Å². The van der Waals surface area contributed by atoms with Gasteiger partial charge in [-0.25, -0.2) is 4.98 Å². The lowest BCUT2D eigenvalue weighted by atomic mass is 10.1. The monoisotopic (exact) mass is 253 g/mol. The van der Waals surface area contributed by atoms with Gasteiger partial charge in [0.2, 0.25) is 0 Å². The lowest BCUT2D eigenvalue weighted by Crippen LogP contribution is -2.15. The van der Waals surface area contributed by atoms with Gasteiger partial charge >= 0.3 is 0 Å². The van der Waals surface area contributed by atoms with Gasteiger partial charge in [-0.1, -0.05) is 6.07 Å². The maximum absolute atomic E-state index is 12.1. The van der Waals surface area contributed by atoms with Gasteiger partial charge in [0.05, 0.1) is 5.69 Å². The number of carbonyl (C=O) groups is 1. The standard InChI is InChI=1S/C15H15N3O/c16-13-5-2-8-17-14(13)15(19)18-12-7-6-10-3-1-4-11(10)9-12/h2,5-9H,1,3-4,16H2,(H,18,19). The second-order valence-electron chi connectivity index (χ2n) is 4.73. The number of nitrogen functional groups attached to an aromatic ring is 1. The Morgan fingerprint density at radius 2 is 2.05 bits per heavy atom. The van der Waals surface area contributed by atoms with Crippen molar-refractivity contribution in [3.63, 3.8) is 0 Å². The molecule has 0 bridgehead atoms. The van der Waals surface area contributed by atoms with Crippen LogP contribution in [0.2, 0.25) is 0 Å². The number of aromatic nitrogens is 1. The minimum Gasteiger partial charge on any atom is -0.397 e. The van der Waals surface area contributed by atoms with Crippen molar-refractivity contribution in [3.8, 4) is 0 Å². The van der Waals surface area contributed by atoms with Crippen LogP contribution in [-0.2, 0) is 12.8 Å². The molecule has 1 heterocycles. The molecule has 3 N–H and O–H groups in total. The SMILES string of the molecule is Nc1cccnc1C(=O)Nc1ccc2c(c1)CCC2. The fraction of sp³-hybridized carbons (Fsp3) is 0.200. The maximum Gasteiger partial charge on any atom is 0.276 e. The zero-order valence-corrected chi connectivity index (χ0v) is 10.5. The summed E-state index contributed by atoms with van der Waals surface area (Å²) >= 11 is 0. The molecule has 0 unspecified atom stereocenters. The summed E-state index contributed by atoms with van der Waals surface area (Å²) in [6, 6.07) is 9.44. The van der Waals surface area contributed by atoms with Crippen molar-refractivity contribution in [1.82, 2.24) is 4.98 Å². The second kappa shape index (κ2) is 4.72. The molecule has 0 fully saturated rings. The quantitative estimate of drug-likeness (QED) is 0.863. The van der Waals surface area contributed by atoms with E-state index in [2.05, 4.69) is 16.4 Å². The summed E-state index contributed by atoms with van der Waals surface area (Å²) in [6.45, 7) is 0. The molecule has 96 valence electrons. The average Bonchev–Trinajstić information content (AvgIpc) is 2.86.